The molecule has 2 fully saturated rings. The van der Waals surface area contributed by atoms with E-state index in [1.165, 1.54) is 24.8 Å². The molecule has 1 unspecified atom stereocenters. The number of amides is 1. The Balaban J connectivity index is 1.10. The number of carbonyl (C=O) groups is 1. The summed E-state index contributed by atoms with van der Waals surface area (Å²) in [6, 6.07) is 6.28. The number of nitrogens with zero attached hydrogens (tertiary/aromatic N) is 4. The summed E-state index contributed by atoms with van der Waals surface area (Å²) in [5, 5.41) is 10.2. The second-order valence-electron chi connectivity index (χ2n) is 9.81. The molecule has 0 bridgehead atoms. The number of piperidine rings is 1. The Bertz CT molecular complexity index is 1240. The van der Waals surface area contributed by atoms with Crippen LogP contribution in [0.5, 0.6) is 0 Å². The standard InChI is InChI=1S/C26H33N7O3/c34-26(23-7-5-19(36-23)17-32-8-2-1-3-9-32)30-22-15-27-31-24(22)25-28-20-6-4-18(14-21(20)29-25)16-33-10-12-35-13-11-33/h4-6,14-15,23H,1-3,7-13,16-17H2,(H,27,31)(H,28,29)(H,30,34). The second kappa shape index (κ2) is 10.4. The monoisotopic (exact) mass is 491 g/mol. The van der Waals surface area contributed by atoms with E-state index in [0.29, 0.717) is 23.6 Å². The largest absolute Gasteiger partial charge is 0.484 e. The topological polar surface area (TPSA) is 111 Å². The minimum atomic E-state index is -0.522. The molecule has 190 valence electrons. The molecule has 3 aliphatic heterocycles. The first-order valence-corrected chi connectivity index (χ1v) is 12.9. The minimum absolute atomic E-state index is 0.175. The molecule has 0 aliphatic carbocycles. The van der Waals surface area contributed by atoms with Crippen LogP contribution < -0.4 is 5.32 Å². The highest BCUT2D eigenvalue weighted by atomic mass is 16.5. The van der Waals surface area contributed by atoms with Gasteiger partial charge in [-0.1, -0.05) is 12.5 Å². The molecule has 5 heterocycles. The number of aromatic nitrogens is 4. The number of imidazole rings is 1. The zero-order chi connectivity index (χ0) is 24.3. The van der Waals surface area contributed by atoms with E-state index in [1.54, 1.807) is 6.20 Å². The number of ether oxygens (including phenoxy) is 2. The van der Waals surface area contributed by atoms with Crippen molar-refractivity contribution < 1.29 is 14.3 Å². The van der Waals surface area contributed by atoms with Crippen LogP contribution in [0.15, 0.2) is 36.2 Å². The van der Waals surface area contributed by atoms with Crippen molar-refractivity contribution in [3.8, 4) is 11.5 Å². The van der Waals surface area contributed by atoms with Gasteiger partial charge in [-0.2, -0.15) is 5.10 Å². The number of likely N-dealkylation sites (tertiary alicyclic amines) is 1. The van der Waals surface area contributed by atoms with Crippen molar-refractivity contribution in [1.82, 2.24) is 30.0 Å². The van der Waals surface area contributed by atoms with Gasteiger partial charge >= 0.3 is 0 Å². The lowest BCUT2D eigenvalue weighted by Crippen LogP contribution is -2.35. The Morgan fingerprint density at radius 3 is 2.78 bits per heavy atom. The molecule has 0 saturated carbocycles. The molecule has 0 radical (unpaired) electrons. The van der Waals surface area contributed by atoms with Gasteiger partial charge in [0.05, 0.1) is 36.5 Å². The SMILES string of the molecule is O=C(Nc1c[nH]nc1-c1nc2cc(CN3CCOCC3)ccc2[nH]1)C1CC=C(CN2CCCCC2)O1. The molecule has 6 rings (SSSR count). The molecule has 1 aromatic carbocycles. The van der Waals surface area contributed by atoms with Crippen LogP contribution in [0.4, 0.5) is 5.69 Å². The first kappa shape index (κ1) is 23.2. The smallest absolute Gasteiger partial charge is 0.265 e. The Hall–Kier alpha value is -3.21. The fraction of sp³-hybridized carbons (Fsp3) is 0.500. The number of H-pyrrole nitrogens is 2. The number of fused-ring (bicyclic) bond motifs is 1. The molecule has 0 spiro atoms. The van der Waals surface area contributed by atoms with E-state index in [4.69, 9.17) is 14.5 Å². The summed E-state index contributed by atoms with van der Waals surface area (Å²) < 4.78 is 11.4. The van der Waals surface area contributed by atoms with Gasteiger partial charge in [0.15, 0.2) is 17.6 Å². The zero-order valence-electron chi connectivity index (χ0n) is 20.5. The van der Waals surface area contributed by atoms with Crippen molar-refractivity contribution in [3.63, 3.8) is 0 Å². The van der Waals surface area contributed by atoms with Crippen LogP contribution in [0.3, 0.4) is 0 Å². The fourth-order valence-corrected chi connectivity index (χ4v) is 5.18. The number of carbonyl (C=O) groups excluding carboxylic acids is 1. The normalized spacial score (nSPS) is 21.4. The first-order chi connectivity index (χ1) is 17.7. The lowest BCUT2D eigenvalue weighted by molar-refractivity contribution is -0.124. The third kappa shape index (κ3) is 5.16. The van der Waals surface area contributed by atoms with Crippen molar-refractivity contribution >= 4 is 22.6 Å². The zero-order valence-corrected chi connectivity index (χ0v) is 20.5. The molecular formula is C26H33N7O3. The first-order valence-electron chi connectivity index (χ1n) is 12.9. The maximum atomic E-state index is 13.0. The van der Waals surface area contributed by atoms with Gasteiger partial charge in [-0.15, -0.1) is 0 Å². The van der Waals surface area contributed by atoms with Crippen LogP contribution in [0.25, 0.3) is 22.6 Å². The Kier molecular flexibility index (Phi) is 6.71. The molecule has 2 aromatic heterocycles. The Morgan fingerprint density at radius 1 is 1.08 bits per heavy atom. The molecule has 2 saturated heterocycles. The number of hydrogen-bond donors (Lipinski definition) is 3. The van der Waals surface area contributed by atoms with Gasteiger partial charge in [0.1, 0.15) is 5.76 Å². The van der Waals surface area contributed by atoms with E-state index in [-0.39, 0.29) is 5.91 Å². The lowest BCUT2D eigenvalue weighted by Gasteiger charge is -2.26. The van der Waals surface area contributed by atoms with Crippen LogP contribution >= 0.6 is 0 Å². The van der Waals surface area contributed by atoms with Crippen LogP contribution in [-0.2, 0) is 20.8 Å². The molecule has 1 amide bonds. The van der Waals surface area contributed by atoms with Crippen molar-refractivity contribution in [2.45, 2.75) is 38.3 Å². The van der Waals surface area contributed by atoms with Gasteiger partial charge < -0.3 is 19.8 Å². The van der Waals surface area contributed by atoms with E-state index in [1.807, 2.05) is 6.08 Å². The van der Waals surface area contributed by atoms with Crippen LogP contribution in [-0.4, -0.2) is 87.9 Å². The molecule has 3 N–H and O–H groups in total. The van der Waals surface area contributed by atoms with Crippen LogP contribution in [0.2, 0.25) is 0 Å². The average Bonchev–Trinajstić information content (AvgIpc) is 3.65. The lowest BCUT2D eigenvalue weighted by atomic mass is 10.1. The molecule has 10 heteroatoms. The quantitative estimate of drug-likeness (QED) is 0.466. The van der Waals surface area contributed by atoms with Crippen molar-refractivity contribution in [1.29, 1.82) is 0 Å². The van der Waals surface area contributed by atoms with Crippen molar-refractivity contribution in [2.75, 3.05) is 51.3 Å². The molecule has 3 aliphatic rings. The van der Waals surface area contributed by atoms with E-state index < -0.39 is 6.10 Å². The maximum Gasteiger partial charge on any atom is 0.265 e. The summed E-state index contributed by atoms with van der Waals surface area (Å²) in [4.78, 5) is 25.9. The summed E-state index contributed by atoms with van der Waals surface area (Å²) in [6.07, 6.45) is 7.55. The second-order valence-corrected chi connectivity index (χ2v) is 9.81. The minimum Gasteiger partial charge on any atom is -0.484 e. The van der Waals surface area contributed by atoms with Crippen LogP contribution in [0.1, 0.15) is 31.2 Å². The highest BCUT2D eigenvalue weighted by molar-refractivity contribution is 5.97. The highest BCUT2D eigenvalue weighted by Crippen LogP contribution is 2.27. The highest BCUT2D eigenvalue weighted by Gasteiger charge is 2.28. The summed E-state index contributed by atoms with van der Waals surface area (Å²) in [6.45, 7) is 7.31. The maximum absolute atomic E-state index is 13.0. The predicted octanol–water partition coefficient (Wildman–Crippen LogP) is 2.88. The van der Waals surface area contributed by atoms with Crippen molar-refractivity contribution in [3.05, 3.63) is 41.8 Å². The van der Waals surface area contributed by atoms with E-state index in [9.17, 15) is 4.79 Å². The van der Waals surface area contributed by atoms with Gasteiger partial charge in [0, 0.05) is 32.3 Å². The number of morpholine rings is 1. The van der Waals surface area contributed by atoms with Gasteiger partial charge in [-0.05, 0) is 49.7 Å². The molecular weight excluding hydrogens is 458 g/mol. The summed E-state index contributed by atoms with van der Waals surface area (Å²) in [5.74, 6) is 1.34. The average molecular weight is 492 g/mol. The van der Waals surface area contributed by atoms with Gasteiger partial charge in [-0.25, -0.2) is 4.98 Å². The molecule has 10 nitrogen and oxygen atoms in total. The van der Waals surface area contributed by atoms with Gasteiger partial charge in [0.2, 0.25) is 0 Å². The number of rotatable bonds is 7. The molecule has 36 heavy (non-hydrogen) atoms. The number of nitrogens with one attached hydrogen (secondary N) is 3. The van der Waals surface area contributed by atoms with Gasteiger partial charge in [0.25, 0.3) is 5.91 Å². The summed E-state index contributed by atoms with van der Waals surface area (Å²) >= 11 is 0. The number of aromatic amines is 2. The number of hydrogen-bond acceptors (Lipinski definition) is 7. The summed E-state index contributed by atoms with van der Waals surface area (Å²) in [7, 11) is 0. The third-order valence-corrected chi connectivity index (χ3v) is 7.15. The Morgan fingerprint density at radius 2 is 1.92 bits per heavy atom. The van der Waals surface area contributed by atoms with Gasteiger partial charge in [-0.3, -0.25) is 19.7 Å². The number of benzene rings is 1. The number of anilines is 1. The van der Waals surface area contributed by atoms with Crippen molar-refractivity contribution in [2.24, 2.45) is 0 Å². The van der Waals surface area contributed by atoms with E-state index in [0.717, 1.165) is 69.3 Å². The summed E-state index contributed by atoms with van der Waals surface area (Å²) in [5.41, 5.74) is 4.18. The molecule has 3 aromatic rings. The fourth-order valence-electron chi connectivity index (χ4n) is 5.18. The Labute approximate surface area is 210 Å². The molecule has 1 atom stereocenters. The van der Waals surface area contributed by atoms with E-state index in [2.05, 4.69) is 48.5 Å². The van der Waals surface area contributed by atoms with Crippen LogP contribution in [0, 0.1) is 0 Å². The predicted molar refractivity (Wildman–Crippen MR) is 136 cm³/mol. The third-order valence-electron chi connectivity index (χ3n) is 7.15. The van der Waals surface area contributed by atoms with E-state index >= 15 is 0 Å².